The molecule has 2 rings (SSSR count). The highest BCUT2D eigenvalue weighted by atomic mass is 16.3. The number of carbonyl (C=O) groups is 2. The fourth-order valence-electron chi connectivity index (χ4n) is 3.74. The number of rotatable bonds is 7. The number of amides is 2. The maximum Gasteiger partial charge on any atom is 0.220 e. The van der Waals surface area contributed by atoms with Gasteiger partial charge in [0.1, 0.15) is 0 Å². The number of fused-ring (bicyclic) bond motifs is 2. The fourth-order valence-corrected chi connectivity index (χ4v) is 3.74. The molecule has 0 heterocycles. The number of aliphatic hydroxyl groups excluding tert-OH is 1. The van der Waals surface area contributed by atoms with E-state index in [2.05, 4.69) is 10.6 Å². The van der Waals surface area contributed by atoms with Crippen molar-refractivity contribution >= 4 is 11.8 Å². The van der Waals surface area contributed by atoms with Gasteiger partial charge in [0, 0.05) is 38.0 Å². The Labute approximate surface area is 120 Å². The summed E-state index contributed by atoms with van der Waals surface area (Å²) >= 11 is 0. The third-order valence-electron chi connectivity index (χ3n) is 4.78. The van der Waals surface area contributed by atoms with Gasteiger partial charge >= 0.3 is 0 Å². The van der Waals surface area contributed by atoms with Gasteiger partial charge in [0.15, 0.2) is 0 Å². The van der Waals surface area contributed by atoms with Crippen molar-refractivity contribution in [1.82, 2.24) is 10.6 Å². The standard InChI is InChI=1S/C15H26N2O3/c1-2-7-16-13(19)5-6-14(20)17-15-11-4-3-10(8-11)12(15)9-18/h10-12,15,18H,2-9H2,1H3,(H,16,19)(H,17,20). The Morgan fingerprint density at radius 3 is 2.55 bits per heavy atom. The summed E-state index contributed by atoms with van der Waals surface area (Å²) in [6.07, 6.45) is 4.86. The van der Waals surface area contributed by atoms with Crippen molar-refractivity contribution in [3.8, 4) is 0 Å². The highest BCUT2D eigenvalue weighted by Crippen LogP contribution is 2.48. The number of hydrogen-bond acceptors (Lipinski definition) is 3. The lowest BCUT2D eigenvalue weighted by Gasteiger charge is -2.30. The van der Waals surface area contributed by atoms with E-state index in [1.807, 2.05) is 6.92 Å². The number of hydrogen-bond donors (Lipinski definition) is 3. The molecule has 0 saturated heterocycles. The minimum Gasteiger partial charge on any atom is -0.396 e. The highest BCUT2D eigenvalue weighted by Gasteiger charge is 2.47. The Kier molecular flexibility index (Phi) is 5.40. The maximum absolute atomic E-state index is 11.9. The average Bonchev–Trinajstić information content (AvgIpc) is 3.03. The molecule has 2 bridgehead atoms. The molecule has 0 aliphatic heterocycles. The lowest BCUT2D eigenvalue weighted by Crippen LogP contribution is -2.45. The minimum atomic E-state index is -0.0624. The molecular formula is C15H26N2O3. The van der Waals surface area contributed by atoms with Gasteiger partial charge < -0.3 is 15.7 Å². The van der Waals surface area contributed by atoms with E-state index in [0.717, 1.165) is 19.3 Å². The molecule has 3 N–H and O–H groups in total. The van der Waals surface area contributed by atoms with Crippen LogP contribution in [0.15, 0.2) is 0 Å². The Balaban J connectivity index is 1.73. The largest absolute Gasteiger partial charge is 0.396 e. The second-order valence-corrected chi connectivity index (χ2v) is 6.12. The zero-order chi connectivity index (χ0) is 14.5. The molecule has 0 aromatic heterocycles. The normalized spacial score (nSPS) is 31.3. The number of nitrogens with one attached hydrogen (secondary N) is 2. The van der Waals surface area contributed by atoms with Crippen molar-refractivity contribution in [2.75, 3.05) is 13.2 Å². The van der Waals surface area contributed by atoms with Crippen LogP contribution in [0.1, 0.15) is 45.4 Å². The zero-order valence-electron chi connectivity index (χ0n) is 12.2. The average molecular weight is 282 g/mol. The van der Waals surface area contributed by atoms with Crippen molar-refractivity contribution in [3.05, 3.63) is 0 Å². The Hall–Kier alpha value is -1.10. The molecule has 4 unspecified atom stereocenters. The molecule has 5 nitrogen and oxygen atoms in total. The van der Waals surface area contributed by atoms with E-state index in [9.17, 15) is 14.7 Å². The molecule has 2 aliphatic carbocycles. The van der Waals surface area contributed by atoms with Gasteiger partial charge in [-0.3, -0.25) is 9.59 Å². The molecule has 2 aliphatic rings. The summed E-state index contributed by atoms with van der Waals surface area (Å²) in [5.41, 5.74) is 0. The Morgan fingerprint density at radius 1 is 1.15 bits per heavy atom. The van der Waals surface area contributed by atoms with E-state index >= 15 is 0 Å². The predicted molar refractivity (Wildman–Crippen MR) is 75.9 cm³/mol. The molecule has 2 saturated carbocycles. The summed E-state index contributed by atoms with van der Waals surface area (Å²) in [6.45, 7) is 2.82. The van der Waals surface area contributed by atoms with E-state index in [1.54, 1.807) is 0 Å². The summed E-state index contributed by atoms with van der Waals surface area (Å²) in [5, 5.41) is 15.3. The molecule has 2 amide bonds. The summed E-state index contributed by atoms with van der Waals surface area (Å²) < 4.78 is 0. The first-order valence-electron chi connectivity index (χ1n) is 7.82. The van der Waals surface area contributed by atoms with Crippen LogP contribution in [0.25, 0.3) is 0 Å². The smallest absolute Gasteiger partial charge is 0.220 e. The predicted octanol–water partition coefficient (Wildman–Crippen LogP) is 0.816. The Bertz CT molecular complexity index is 359. The highest BCUT2D eigenvalue weighted by molar-refractivity contribution is 5.83. The van der Waals surface area contributed by atoms with Crippen LogP contribution in [0.3, 0.4) is 0 Å². The van der Waals surface area contributed by atoms with E-state index in [4.69, 9.17) is 0 Å². The molecule has 114 valence electrons. The molecular weight excluding hydrogens is 256 g/mol. The monoisotopic (exact) mass is 282 g/mol. The topological polar surface area (TPSA) is 78.4 Å². The zero-order valence-corrected chi connectivity index (χ0v) is 12.2. The second kappa shape index (κ2) is 7.07. The lowest BCUT2D eigenvalue weighted by atomic mass is 9.85. The summed E-state index contributed by atoms with van der Waals surface area (Å²) in [5.74, 6) is 1.19. The molecule has 2 fully saturated rings. The first kappa shape index (κ1) is 15.3. The molecule has 0 spiro atoms. The molecule has 5 heteroatoms. The van der Waals surface area contributed by atoms with Gasteiger partial charge in [-0.15, -0.1) is 0 Å². The fraction of sp³-hybridized carbons (Fsp3) is 0.867. The quantitative estimate of drug-likeness (QED) is 0.647. The molecule has 0 aromatic carbocycles. The van der Waals surface area contributed by atoms with Gasteiger partial charge in [0.2, 0.25) is 11.8 Å². The maximum atomic E-state index is 11.9. The van der Waals surface area contributed by atoms with Crippen LogP contribution in [0.4, 0.5) is 0 Å². The van der Waals surface area contributed by atoms with E-state index in [0.29, 0.717) is 18.4 Å². The summed E-state index contributed by atoms with van der Waals surface area (Å²) in [6, 6.07) is 0.116. The number of carbonyl (C=O) groups excluding carboxylic acids is 2. The van der Waals surface area contributed by atoms with Crippen LogP contribution >= 0.6 is 0 Å². The first-order valence-corrected chi connectivity index (χ1v) is 7.82. The minimum absolute atomic E-state index is 0.0614. The van der Waals surface area contributed by atoms with Crippen molar-refractivity contribution in [2.45, 2.75) is 51.5 Å². The summed E-state index contributed by atoms with van der Waals surface area (Å²) in [7, 11) is 0. The molecule has 0 aromatic rings. The van der Waals surface area contributed by atoms with Crippen LogP contribution in [-0.4, -0.2) is 36.1 Å². The number of aliphatic hydroxyl groups is 1. The van der Waals surface area contributed by atoms with Gasteiger partial charge in [-0.1, -0.05) is 6.92 Å². The van der Waals surface area contributed by atoms with E-state index < -0.39 is 0 Å². The lowest BCUT2D eigenvalue weighted by molar-refractivity contribution is -0.127. The van der Waals surface area contributed by atoms with Crippen LogP contribution in [-0.2, 0) is 9.59 Å². The van der Waals surface area contributed by atoms with Crippen LogP contribution in [0, 0.1) is 17.8 Å². The van der Waals surface area contributed by atoms with Crippen LogP contribution in [0.5, 0.6) is 0 Å². The SMILES string of the molecule is CCCNC(=O)CCC(=O)NC1C2CCC(C2)C1CO. The third kappa shape index (κ3) is 3.51. The van der Waals surface area contributed by atoms with Gasteiger partial charge in [0.25, 0.3) is 0 Å². The van der Waals surface area contributed by atoms with Crippen molar-refractivity contribution in [2.24, 2.45) is 17.8 Å². The van der Waals surface area contributed by atoms with Gasteiger partial charge in [-0.2, -0.15) is 0 Å². The van der Waals surface area contributed by atoms with Gasteiger partial charge in [-0.25, -0.2) is 0 Å². The van der Waals surface area contributed by atoms with E-state index in [1.165, 1.54) is 6.42 Å². The van der Waals surface area contributed by atoms with Crippen LogP contribution in [0.2, 0.25) is 0 Å². The molecule has 4 atom stereocenters. The Morgan fingerprint density at radius 2 is 1.85 bits per heavy atom. The van der Waals surface area contributed by atoms with Crippen molar-refractivity contribution in [3.63, 3.8) is 0 Å². The van der Waals surface area contributed by atoms with Gasteiger partial charge in [0.05, 0.1) is 0 Å². The third-order valence-corrected chi connectivity index (χ3v) is 4.78. The first-order chi connectivity index (χ1) is 9.65. The van der Waals surface area contributed by atoms with Crippen LogP contribution < -0.4 is 10.6 Å². The van der Waals surface area contributed by atoms with Gasteiger partial charge in [-0.05, 0) is 37.5 Å². The molecule has 20 heavy (non-hydrogen) atoms. The van der Waals surface area contributed by atoms with Crippen molar-refractivity contribution in [1.29, 1.82) is 0 Å². The second-order valence-electron chi connectivity index (χ2n) is 6.12. The molecule has 0 radical (unpaired) electrons. The van der Waals surface area contributed by atoms with E-state index in [-0.39, 0.29) is 43.2 Å². The summed E-state index contributed by atoms with van der Waals surface area (Å²) in [4.78, 5) is 23.4. The van der Waals surface area contributed by atoms with Crippen molar-refractivity contribution < 1.29 is 14.7 Å².